The molecule has 130 valence electrons. The number of furan rings is 1. The zero-order valence-corrected chi connectivity index (χ0v) is 14.0. The summed E-state index contributed by atoms with van der Waals surface area (Å²) in [7, 11) is 0. The first-order valence-corrected chi connectivity index (χ1v) is 8.65. The average molecular weight is 340 g/mol. The number of halogens is 1. The Hall–Kier alpha value is -2.40. The first-order valence-electron chi connectivity index (χ1n) is 8.65. The Morgan fingerprint density at radius 2 is 2.20 bits per heavy atom. The molecule has 1 N–H and O–H groups in total. The molecule has 2 aliphatic heterocycles. The maximum Gasteiger partial charge on any atom is 0.261 e. The molecule has 3 heterocycles. The zero-order chi connectivity index (χ0) is 17.4. The van der Waals surface area contributed by atoms with E-state index < -0.39 is 0 Å². The maximum atomic E-state index is 14.1. The number of nitrogens with one attached hydrogen (secondary N) is 1. The van der Waals surface area contributed by atoms with Gasteiger partial charge in [-0.15, -0.1) is 6.58 Å². The smallest absolute Gasteiger partial charge is 0.261 e. The first kappa shape index (κ1) is 16.1. The van der Waals surface area contributed by atoms with E-state index in [4.69, 9.17) is 4.42 Å². The molecule has 5 heteroatoms. The molecule has 1 spiro atoms. The highest BCUT2D eigenvalue weighted by Crippen LogP contribution is 2.52. The van der Waals surface area contributed by atoms with E-state index in [9.17, 15) is 9.18 Å². The van der Waals surface area contributed by atoms with E-state index >= 15 is 0 Å². The number of hydrogen-bond acceptors (Lipinski definition) is 3. The predicted octanol–water partition coefficient (Wildman–Crippen LogP) is 3.65. The Morgan fingerprint density at radius 1 is 1.40 bits per heavy atom. The van der Waals surface area contributed by atoms with Crippen LogP contribution in [0.3, 0.4) is 0 Å². The molecule has 1 aromatic carbocycles. The number of hydrogen-bond donors (Lipinski definition) is 1. The third-order valence-corrected chi connectivity index (χ3v) is 5.58. The number of amides is 1. The minimum Gasteiger partial charge on any atom is -0.472 e. The molecule has 4 rings (SSSR count). The van der Waals surface area contributed by atoms with E-state index in [0.717, 1.165) is 37.2 Å². The van der Waals surface area contributed by atoms with Gasteiger partial charge < -0.3 is 14.6 Å². The van der Waals surface area contributed by atoms with Gasteiger partial charge in [-0.25, -0.2) is 4.39 Å². The molecule has 1 amide bonds. The van der Waals surface area contributed by atoms with Crippen molar-refractivity contribution >= 4 is 11.6 Å². The standard InChI is InChI=1S/C20H21FN2O2/c1-2-3-18-20(7-9-22-10-8-20)16-12-15(21)4-5-17(16)23(18)19(24)14-6-11-25-13-14/h2,4-6,11-13,18,22H,1,3,7-10H2/t18-/m1/s1. The fraction of sp³-hybridized carbons (Fsp3) is 0.350. The summed E-state index contributed by atoms with van der Waals surface area (Å²) in [4.78, 5) is 15.0. The molecule has 25 heavy (non-hydrogen) atoms. The summed E-state index contributed by atoms with van der Waals surface area (Å²) in [5.74, 6) is -0.365. The molecule has 0 aliphatic carbocycles. The van der Waals surface area contributed by atoms with Crippen LogP contribution < -0.4 is 10.2 Å². The molecule has 2 aliphatic rings. The lowest BCUT2D eigenvalue weighted by atomic mass is 9.69. The summed E-state index contributed by atoms with van der Waals surface area (Å²) in [5, 5.41) is 3.38. The van der Waals surface area contributed by atoms with Crippen LogP contribution in [0, 0.1) is 5.82 Å². The third-order valence-electron chi connectivity index (χ3n) is 5.58. The summed E-state index contributed by atoms with van der Waals surface area (Å²) in [6.07, 6.45) is 7.22. The molecular formula is C20H21FN2O2. The Kier molecular flexibility index (Phi) is 3.96. The molecule has 0 bridgehead atoms. The highest BCUT2D eigenvalue weighted by Gasteiger charge is 2.52. The summed E-state index contributed by atoms with van der Waals surface area (Å²) in [6.45, 7) is 5.61. The second-order valence-electron chi connectivity index (χ2n) is 6.79. The van der Waals surface area contributed by atoms with Crippen LogP contribution in [0.4, 0.5) is 10.1 Å². The van der Waals surface area contributed by atoms with Crippen LogP contribution in [0.2, 0.25) is 0 Å². The van der Waals surface area contributed by atoms with E-state index in [1.807, 2.05) is 11.0 Å². The minimum absolute atomic E-state index is 0.0636. The van der Waals surface area contributed by atoms with Crippen LogP contribution in [-0.2, 0) is 5.41 Å². The van der Waals surface area contributed by atoms with Gasteiger partial charge in [-0.05, 0) is 62.2 Å². The van der Waals surface area contributed by atoms with Gasteiger partial charge in [0, 0.05) is 11.1 Å². The van der Waals surface area contributed by atoms with Gasteiger partial charge in [0.25, 0.3) is 5.91 Å². The van der Waals surface area contributed by atoms with E-state index in [1.165, 1.54) is 18.6 Å². The number of fused-ring (bicyclic) bond motifs is 2. The Balaban J connectivity index is 1.88. The molecule has 1 fully saturated rings. The number of benzene rings is 1. The molecule has 2 aromatic rings. The monoisotopic (exact) mass is 340 g/mol. The number of piperidine rings is 1. The van der Waals surface area contributed by atoms with Gasteiger partial charge in [-0.1, -0.05) is 6.08 Å². The summed E-state index contributed by atoms with van der Waals surface area (Å²) < 4.78 is 19.2. The Labute approximate surface area is 146 Å². The number of anilines is 1. The van der Waals surface area contributed by atoms with Crippen molar-refractivity contribution in [1.82, 2.24) is 5.32 Å². The van der Waals surface area contributed by atoms with Gasteiger partial charge in [0.05, 0.1) is 17.9 Å². The summed E-state index contributed by atoms with van der Waals surface area (Å²) >= 11 is 0. The van der Waals surface area contributed by atoms with E-state index in [1.54, 1.807) is 18.2 Å². The number of rotatable bonds is 3. The van der Waals surface area contributed by atoms with Gasteiger partial charge >= 0.3 is 0 Å². The third kappa shape index (κ3) is 2.42. The van der Waals surface area contributed by atoms with Crippen LogP contribution in [0.5, 0.6) is 0 Å². The number of carbonyl (C=O) groups excluding carboxylic acids is 1. The van der Waals surface area contributed by atoms with Gasteiger partial charge in [0.1, 0.15) is 12.1 Å². The number of carbonyl (C=O) groups is 1. The summed E-state index contributed by atoms with van der Waals surface area (Å²) in [5.41, 5.74) is 2.02. The molecule has 0 unspecified atom stereocenters. The normalized spacial score (nSPS) is 21.3. The molecule has 1 atom stereocenters. The van der Waals surface area contributed by atoms with Crippen LogP contribution in [0.25, 0.3) is 0 Å². The van der Waals surface area contributed by atoms with Crippen molar-refractivity contribution in [2.24, 2.45) is 0 Å². The van der Waals surface area contributed by atoms with Crippen molar-refractivity contribution < 1.29 is 13.6 Å². The van der Waals surface area contributed by atoms with Crippen LogP contribution in [-0.4, -0.2) is 25.0 Å². The fourth-order valence-electron chi connectivity index (χ4n) is 4.45. The van der Waals surface area contributed by atoms with Crippen molar-refractivity contribution in [3.63, 3.8) is 0 Å². The second kappa shape index (κ2) is 6.15. The average Bonchev–Trinajstić information content (AvgIpc) is 3.24. The van der Waals surface area contributed by atoms with Gasteiger partial charge in [0.15, 0.2) is 0 Å². The van der Waals surface area contributed by atoms with Gasteiger partial charge in [-0.2, -0.15) is 0 Å². The van der Waals surface area contributed by atoms with Crippen LogP contribution >= 0.6 is 0 Å². The van der Waals surface area contributed by atoms with Crippen molar-refractivity contribution in [3.8, 4) is 0 Å². The van der Waals surface area contributed by atoms with E-state index in [-0.39, 0.29) is 23.2 Å². The highest BCUT2D eigenvalue weighted by atomic mass is 19.1. The van der Waals surface area contributed by atoms with Crippen LogP contribution in [0.15, 0.2) is 53.9 Å². The Bertz CT molecular complexity index is 794. The molecule has 0 saturated carbocycles. The van der Waals surface area contributed by atoms with Crippen molar-refractivity contribution in [1.29, 1.82) is 0 Å². The largest absolute Gasteiger partial charge is 0.472 e. The summed E-state index contributed by atoms with van der Waals surface area (Å²) in [6, 6.07) is 6.38. The number of nitrogens with zero attached hydrogens (tertiary/aromatic N) is 1. The second-order valence-corrected chi connectivity index (χ2v) is 6.79. The lowest BCUT2D eigenvalue weighted by Crippen LogP contribution is -2.51. The topological polar surface area (TPSA) is 45.5 Å². The molecule has 1 saturated heterocycles. The minimum atomic E-state index is -0.258. The highest BCUT2D eigenvalue weighted by molar-refractivity contribution is 6.08. The van der Waals surface area contributed by atoms with Crippen molar-refractivity contribution in [2.45, 2.75) is 30.7 Å². The van der Waals surface area contributed by atoms with Crippen LogP contribution in [0.1, 0.15) is 35.2 Å². The van der Waals surface area contributed by atoms with E-state index in [0.29, 0.717) is 12.0 Å². The first-order chi connectivity index (χ1) is 12.2. The quantitative estimate of drug-likeness (QED) is 0.868. The SMILES string of the molecule is C=CC[C@H]1N(C(=O)c2ccoc2)c2ccc(F)cc2C12CCNCC2. The van der Waals surface area contributed by atoms with Crippen molar-refractivity contribution in [3.05, 3.63) is 66.4 Å². The van der Waals surface area contributed by atoms with Gasteiger partial charge in [0.2, 0.25) is 0 Å². The van der Waals surface area contributed by atoms with Gasteiger partial charge in [-0.3, -0.25) is 4.79 Å². The molecular weight excluding hydrogens is 319 g/mol. The zero-order valence-electron chi connectivity index (χ0n) is 14.0. The lowest BCUT2D eigenvalue weighted by molar-refractivity contribution is 0.0964. The maximum absolute atomic E-state index is 14.1. The predicted molar refractivity (Wildman–Crippen MR) is 94.3 cm³/mol. The Morgan fingerprint density at radius 3 is 2.88 bits per heavy atom. The van der Waals surface area contributed by atoms with Crippen molar-refractivity contribution in [2.75, 3.05) is 18.0 Å². The van der Waals surface area contributed by atoms with E-state index in [2.05, 4.69) is 11.9 Å². The molecule has 4 nitrogen and oxygen atoms in total. The molecule has 1 aromatic heterocycles. The molecule has 0 radical (unpaired) electrons. The fourth-order valence-corrected chi connectivity index (χ4v) is 4.45. The lowest BCUT2D eigenvalue weighted by Gasteiger charge is -2.41.